The van der Waals surface area contributed by atoms with Crippen LogP contribution in [-0.4, -0.2) is 125 Å². The minimum absolute atomic E-state index is 0.00790. The molecule has 1 heterocycles. The van der Waals surface area contributed by atoms with E-state index in [0.717, 1.165) is 9.80 Å². The number of carbonyl (C=O) groups is 7. The summed E-state index contributed by atoms with van der Waals surface area (Å²) in [5.74, 6) is -6.12. The van der Waals surface area contributed by atoms with Gasteiger partial charge in [-0.05, 0) is 95.4 Å². The Morgan fingerprint density at radius 1 is 0.984 bits per heavy atom. The van der Waals surface area contributed by atoms with Crippen LogP contribution in [0.4, 0.5) is 13.2 Å². The summed E-state index contributed by atoms with van der Waals surface area (Å²) in [6.07, 6.45) is -6.01. The molecule has 15 nitrogen and oxygen atoms in total. The smallest absolute Gasteiger partial charge is 0.391 e. The third-order valence-corrected chi connectivity index (χ3v) is 12.5. The Morgan fingerprint density at radius 3 is 2.19 bits per heavy atom. The molecule has 0 unspecified atom stereocenters. The Labute approximate surface area is 377 Å². The van der Waals surface area contributed by atoms with E-state index < -0.39 is 108 Å². The highest BCUT2D eigenvalue weighted by molar-refractivity contribution is 6.33. The second-order valence-corrected chi connectivity index (χ2v) is 18.6. The van der Waals surface area contributed by atoms with Crippen molar-refractivity contribution in [3.8, 4) is 0 Å². The minimum atomic E-state index is -4.86. The first-order chi connectivity index (χ1) is 29.3. The van der Waals surface area contributed by atoms with E-state index in [1.54, 1.807) is 18.2 Å². The van der Waals surface area contributed by atoms with E-state index in [4.69, 9.17) is 23.2 Å². The zero-order chi connectivity index (χ0) is 47.6. The number of carbonyl (C=O) groups excluding carboxylic acids is 7. The zero-order valence-electron chi connectivity index (χ0n) is 37.3. The van der Waals surface area contributed by atoms with E-state index in [1.807, 2.05) is 13.8 Å². The van der Waals surface area contributed by atoms with Gasteiger partial charge in [0, 0.05) is 37.1 Å². The summed E-state index contributed by atoms with van der Waals surface area (Å²) < 4.78 is 42.9. The molecule has 6 N–H and O–H groups in total. The number of hydrogen-bond acceptors (Lipinski definition) is 8. The molecule has 2 fully saturated rings. The third kappa shape index (κ3) is 13.7. The number of aliphatic hydroxyl groups is 1. The van der Waals surface area contributed by atoms with Gasteiger partial charge in [-0.1, -0.05) is 63.2 Å². The monoisotopic (exact) mass is 933 g/mol. The van der Waals surface area contributed by atoms with E-state index in [1.165, 1.54) is 41.8 Å². The van der Waals surface area contributed by atoms with Crippen LogP contribution in [0.3, 0.4) is 0 Å². The van der Waals surface area contributed by atoms with Crippen molar-refractivity contribution < 1.29 is 51.8 Å². The number of benzene rings is 1. The standard InChI is InChI=1S/C43H64Cl2F3N7O8/c1-9-29(51-40(63)42(43(46,47)48)18-12-10-13-19-42)34(57)52-33(25(4)56)38(61)54(7)31-15-11-14-20-49-39(62)41(5,6)53-36(59)32(23-26-22-27(44)16-17-28(26)45)55(8)37(60)30(21-24(2)3)50-35(31)58/h16-17,22,24-25,29-33,56H,9-15,18-21,23H2,1-8H3,(H,49,62)(H,50,58)(H,51,63)(H,52,57)(H,53,59)/t25-,29+,30+,31+,32+,33+/m1/s1. The number of rotatable bonds is 12. The Kier molecular flexibility index (Phi) is 19.1. The molecule has 20 heteroatoms. The van der Waals surface area contributed by atoms with E-state index >= 15 is 0 Å². The Hall–Kier alpha value is -4.16. The van der Waals surface area contributed by atoms with Gasteiger partial charge in [-0.2, -0.15) is 13.2 Å². The summed E-state index contributed by atoms with van der Waals surface area (Å²) in [5.41, 5.74) is -3.67. The lowest BCUT2D eigenvalue weighted by Gasteiger charge is -2.38. The van der Waals surface area contributed by atoms with Gasteiger partial charge in [-0.3, -0.25) is 33.6 Å². The summed E-state index contributed by atoms with van der Waals surface area (Å²) in [4.78, 5) is 99.5. The number of halogens is 5. The Balaban J connectivity index is 1.97. The Morgan fingerprint density at radius 2 is 1.62 bits per heavy atom. The highest BCUT2D eigenvalue weighted by Gasteiger charge is 2.60. The topological polar surface area (TPSA) is 206 Å². The van der Waals surface area contributed by atoms with Crippen molar-refractivity contribution in [3.63, 3.8) is 0 Å². The number of likely N-dealkylation sites (N-methyl/N-ethyl adjacent to an activating group) is 2. The average molecular weight is 935 g/mol. The molecular weight excluding hydrogens is 870 g/mol. The average Bonchev–Trinajstić information content (AvgIpc) is 3.20. The van der Waals surface area contributed by atoms with Crippen molar-refractivity contribution in [1.82, 2.24) is 36.4 Å². The summed E-state index contributed by atoms with van der Waals surface area (Å²) >= 11 is 12.7. The normalized spacial score (nSPS) is 23.1. The summed E-state index contributed by atoms with van der Waals surface area (Å²) in [6.45, 7) is 9.46. The fraction of sp³-hybridized carbons (Fsp3) is 0.698. The molecule has 0 radical (unpaired) electrons. The molecule has 0 bridgehead atoms. The number of aliphatic hydroxyl groups excluding tert-OH is 1. The molecule has 1 aromatic rings. The van der Waals surface area contributed by atoms with Gasteiger partial charge in [-0.15, -0.1) is 0 Å². The van der Waals surface area contributed by atoms with Crippen molar-refractivity contribution >= 4 is 64.6 Å². The maximum Gasteiger partial charge on any atom is 0.403 e. The van der Waals surface area contributed by atoms with Gasteiger partial charge in [0.25, 0.3) is 0 Å². The molecule has 1 aromatic carbocycles. The summed E-state index contributed by atoms with van der Waals surface area (Å²) in [6, 6.07) is -2.35. The largest absolute Gasteiger partial charge is 0.403 e. The maximum absolute atomic E-state index is 14.5. The van der Waals surface area contributed by atoms with E-state index in [-0.39, 0.29) is 62.4 Å². The molecule has 63 heavy (non-hydrogen) atoms. The van der Waals surface area contributed by atoms with Crippen molar-refractivity contribution in [1.29, 1.82) is 0 Å². The van der Waals surface area contributed by atoms with Gasteiger partial charge in [0.05, 0.1) is 6.10 Å². The second kappa shape index (κ2) is 22.6. The third-order valence-electron chi connectivity index (χ3n) is 11.9. The van der Waals surface area contributed by atoms with E-state index in [2.05, 4.69) is 26.6 Å². The van der Waals surface area contributed by atoms with Crippen molar-refractivity contribution in [3.05, 3.63) is 33.8 Å². The first-order valence-electron chi connectivity index (χ1n) is 21.5. The molecule has 1 aliphatic heterocycles. The quantitative estimate of drug-likeness (QED) is 0.179. The first-order valence-corrected chi connectivity index (χ1v) is 22.3. The fourth-order valence-electron chi connectivity index (χ4n) is 7.97. The highest BCUT2D eigenvalue weighted by atomic mass is 35.5. The van der Waals surface area contributed by atoms with E-state index in [0.29, 0.717) is 23.4 Å². The predicted octanol–water partition coefficient (Wildman–Crippen LogP) is 4.19. The van der Waals surface area contributed by atoms with Crippen molar-refractivity contribution in [2.75, 3.05) is 20.6 Å². The molecule has 0 spiro atoms. The second-order valence-electron chi connectivity index (χ2n) is 17.7. The van der Waals surface area contributed by atoms with Crippen molar-refractivity contribution in [2.24, 2.45) is 11.3 Å². The van der Waals surface area contributed by atoms with Crippen LogP contribution in [0.5, 0.6) is 0 Å². The number of amides is 7. The lowest BCUT2D eigenvalue weighted by atomic mass is 9.72. The van der Waals surface area contributed by atoms with Gasteiger partial charge in [0.2, 0.25) is 41.4 Å². The molecule has 2 aliphatic rings. The number of nitrogens with one attached hydrogen (secondary N) is 5. The zero-order valence-corrected chi connectivity index (χ0v) is 38.9. The summed E-state index contributed by atoms with van der Waals surface area (Å²) in [5, 5.41) is 24.3. The molecule has 354 valence electrons. The van der Waals surface area contributed by atoms with Crippen LogP contribution in [-0.2, 0) is 40.0 Å². The lowest BCUT2D eigenvalue weighted by Crippen LogP contribution is -2.63. The van der Waals surface area contributed by atoms with Gasteiger partial charge in [0.1, 0.15) is 41.2 Å². The molecule has 7 amide bonds. The van der Waals surface area contributed by atoms with E-state index in [9.17, 15) is 51.8 Å². The minimum Gasteiger partial charge on any atom is -0.391 e. The number of nitrogens with zero attached hydrogens (tertiary/aromatic N) is 2. The molecule has 3 rings (SSSR count). The number of alkyl halides is 3. The molecule has 1 aliphatic carbocycles. The van der Waals surface area contributed by atoms with Crippen LogP contribution in [0, 0.1) is 11.3 Å². The molecule has 6 atom stereocenters. The predicted molar refractivity (Wildman–Crippen MR) is 231 cm³/mol. The summed E-state index contributed by atoms with van der Waals surface area (Å²) in [7, 11) is 2.65. The van der Waals surface area contributed by atoms with Gasteiger partial charge in [0.15, 0.2) is 0 Å². The van der Waals surface area contributed by atoms with Crippen LogP contribution in [0.2, 0.25) is 10.0 Å². The SMILES string of the molecule is CC[C@H](NC(=O)C1(C(F)(F)F)CCCCC1)C(=O)N[C@H](C(=O)N(C)[C@H]1CCCCNC(=O)C(C)(C)NC(=O)[C@H](Cc2cc(Cl)ccc2Cl)N(C)C(=O)[C@H](CC(C)C)NC1=O)[C@@H](C)O. The van der Waals surface area contributed by atoms with Crippen molar-refractivity contribution in [2.45, 2.75) is 160 Å². The molecule has 1 saturated carbocycles. The fourth-order valence-corrected chi connectivity index (χ4v) is 8.36. The van der Waals surface area contributed by atoms with Crippen LogP contribution in [0.25, 0.3) is 0 Å². The number of hydrogen-bond donors (Lipinski definition) is 6. The maximum atomic E-state index is 14.5. The van der Waals surface area contributed by atoms with Gasteiger partial charge < -0.3 is 41.5 Å². The van der Waals surface area contributed by atoms with Gasteiger partial charge in [-0.25, -0.2) is 0 Å². The van der Waals surface area contributed by atoms with Crippen LogP contribution >= 0.6 is 23.2 Å². The highest BCUT2D eigenvalue weighted by Crippen LogP contribution is 2.49. The molecule has 0 aromatic heterocycles. The lowest BCUT2D eigenvalue weighted by molar-refractivity contribution is -0.230. The molecule has 1 saturated heterocycles. The molecular formula is C43H64Cl2F3N7O8. The van der Waals surface area contributed by atoms with Gasteiger partial charge >= 0.3 is 6.18 Å². The van der Waals surface area contributed by atoms with Crippen LogP contribution in [0.15, 0.2) is 18.2 Å². The van der Waals surface area contributed by atoms with Crippen LogP contribution in [0.1, 0.15) is 111 Å². The van der Waals surface area contributed by atoms with Crippen LogP contribution < -0.4 is 26.6 Å². The first kappa shape index (κ1) is 53.2. The Bertz CT molecular complexity index is 1830.